The normalized spacial score (nSPS) is 23.8. The molecular formula is C16H24FNO2. The maximum Gasteiger partial charge on any atom is 0.123 e. The Morgan fingerprint density at radius 1 is 1.45 bits per heavy atom. The summed E-state index contributed by atoms with van der Waals surface area (Å²) in [6.07, 6.45) is 2.20. The van der Waals surface area contributed by atoms with Crippen LogP contribution in [0.1, 0.15) is 38.3 Å². The molecule has 112 valence electrons. The lowest BCUT2D eigenvalue weighted by Crippen LogP contribution is -2.33. The fraction of sp³-hybridized carbons (Fsp3) is 0.625. The molecule has 0 saturated carbocycles. The van der Waals surface area contributed by atoms with Gasteiger partial charge < -0.3 is 14.8 Å². The van der Waals surface area contributed by atoms with Gasteiger partial charge >= 0.3 is 0 Å². The van der Waals surface area contributed by atoms with Crippen molar-refractivity contribution in [1.82, 2.24) is 5.32 Å². The van der Waals surface area contributed by atoms with E-state index in [-0.39, 0.29) is 18.0 Å². The summed E-state index contributed by atoms with van der Waals surface area (Å²) in [5.74, 6) is 0.866. The lowest BCUT2D eigenvalue weighted by molar-refractivity contribution is 0.0772. The van der Waals surface area contributed by atoms with E-state index in [1.165, 1.54) is 6.07 Å². The monoisotopic (exact) mass is 281 g/mol. The minimum atomic E-state index is -0.226. The van der Waals surface area contributed by atoms with Gasteiger partial charge in [0.15, 0.2) is 0 Å². The van der Waals surface area contributed by atoms with Crippen molar-refractivity contribution in [2.45, 2.75) is 38.8 Å². The average molecular weight is 281 g/mol. The van der Waals surface area contributed by atoms with Gasteiger partial charge in [0.1, 0.15) is 11.6 Å². The highest BCUT2D eigenvalue weighted by Crippen LogP contribution is 2.38. The zero-order valence-corrected chi connectivity index (χ0v) is 12.5. The van der Waals surface area contributed by atoms with Gasteiger partial charge in [-0.15, -0.1) is 0 Å². The number of nitrogens with one attached hydrogen (secondary N) is 1. The van der Waals surface area contributed by atoms with E-state index in [9.17, 15) is 4.39 Å². The van der Waals surface area contributed by atoms with Crippen LogP contribution in [0.15, 0.2) is 18.2 Å². The molecule has 3 atom stereocenters. The van der Waals surface area contributed by atoms with Crippen molar-refractivity contribution >= 4 is 0 Å². The molecule has 1 saturated heterocycles. The summed E-state index contributed by atoms with van der Waals surface area (Å²) in [7, 11) is 1.63. The molecule has 0 aliphatic carbocycles. The molecule has 1 aliphatic rings. The summed E-state index contributed by atoms with van der Waals surface area (Å²) in [6.45, 7) is 5.81. The third-order valence-corrected chi connectivity index (χ3v) is 4.04. The van der Waals surface area contributed by atoms with Crippen LogP contribution in [0.5, 0.6) is 5.75 Å². The summed E-state index contributed by atoms with van der Waals surface area (Å²) in [5, 5.41) is 3.48. The molecule has 3 unspecified atom stereocenters. The number of hydrogen-bond donors (Lipinski definition) is 1. The van der Waals surface area contributed by atoms with E-state index in [1.54, 1.807) is 19.2 Å². The van der Waals surface area contributed by atoms with E-state index < -0.39 is 0 Å². The Labute approximate surface area is 120 Å². The van der Waals surface area contributed by atoms with E-state index in [2.05, 4.69) is 19.2 Å². The van der Waals surface area contributed by atoms with Crippen molar-refractivity contribution in [3.8, 4) is 5.75 Å². The van der Waals surface area contributed by atoms with Crippen molar-refractivity contribution in [2.75, 3.05) is 20.3 Å². The molecule has 4 heteroatoms. The number of ether oxygens (including phenoxy) is 2. The molecule has 2 rings (SSSR count). The molecule has 0 amide bonds. The van der Waals surface area contributed by atoms with E-state index in [0.717, 1.165) is 37.3 Å². The molecule has 1 fully saturated rings. The molecule has 20 heavy (non-hydrogen) atoms. The highest BCUT2D eigenvalue weighted by atomic mass is 19.1. The number of rotatable bonds is 6. The molecule has 1 aromatic rings. The maximum atomic E-state index is 13.6. The molecule has 1 heterocycles. The van der Waals surface area contributed by atoms with Crippen LogP contribution in [-0.4, -0.2) is 26.4 Å². The Morgan fingerprint density at radius 2 is 2.25 bits per heavy atom. The highest BCUT2D eigenvalue weighted by molar-refractivity contribution is 5.37. The smallest absolute Gasteiger partial charge is 0.123 e. The van der Waals surface area contributed by atoms with Gasteiger partial charge in [0, 0.05) is 24.1 Å². The van der Waals surface area contributed by atoms with Crippen LogP contribution in [0.3, 0.4) is 0 Å². The predicted octanol–water partition coefficient (Wildman–Crippen LogP) is 3.30. The summed E-state index contributed by atoms with van der Waals surface area (Å²) < 4.78 is 24.8. The van der Waals surface area contributed by atoms with Gasteiger partial charge in [-0.25, -0.2) is 4.39 Å². The molecule has 0 aromatic heterocycles. The average Bonchev–Trinajstić information content (AvgIpc) is 2.93. The zero-order valence-electron chi connectivity index (χ0n) is 12.5. The summed E-state index contributed by atoms with van der Waals surface area (Å²) in [5.41, 5.74) is 0.892. The van der Waals surface area contributed by atoms with E-state index in [1.807, 2.05) is 0 Å². The van der Waals surface area contributed by atoms with Gasteiger partial charge in [0.2, 0.25) is 0 Å². The Morgan fingerprint density at radius 3 is 2.90 bits per heavy atom. The SMILES string of the molecule is CCNC(c1cc(F)ccc1OC)C1CCOC1CC. The third kappa shape index (κ3) is 3.13. The van der Waals surface area contributed by atoms with Crippen molar-refractivity contribution in [1.29, 1.82) is 0 Å². The van der Waals surface area contributed by atoms with Gasteiger partial charge in [-0.1, -0.05) is 13.8 Å². The first kappa shape index (κ1) is 15.3. The Kier molecular flexibility index (Phi) is 5.38. The topological polar surface area (TPSA) is 30.5 Å². The van der Waals surface area contributed by atoms with E-state index in [0.29, 0.717) is 5.92 Å². The van der Waals surface area contributed by atoms with Gasteiger partial charge in [-0.05, 0) is 37.6 Å². The Hall–Kier alpha value is -1.13. The van der Waals surface area contributed by atoms with Crippen LogP contribution in [-0.2, 0) is 4.74 Å². The molecule has 1 N–H and O–H groups in total. The quantitative estimate of drug-likeness (QED) is 0.868. The first-order valence-electron chi connectivity index (χ1n) is 7.39. The first-order valence-corrected chi connectivity index (χ1v) is 7.39. The molecule has 1 aromatic carbocycles. The fourth-order valence-corrected chi connectivity index (χ4v) is 3.13. The Balaban J connectivity index is 2.34. The largest absolute Gasteiger partial charge is 0.496 e. The molecule has 1 aliphatic heterocycles. The van der Waals surface area contributed by atoms with Crippen molar-refractivity contribution < 1.29 is 13.9 Å². The minimum absolute atomic E-state index is 0.0677. The van der Waals surface area contributed by atoms with Crippen LogP contribution in [0.2, 0.25) is 0 Å². The second-order valence-electron chi connectivity index (χ2n) is 5.19. The van der Waals surface area contributed by atoms with Crippen molar-refractivity contribution in [3.63, 3.8) is 0 Å². The lowest BCUT2D eigenvalue weighted by Gasteiger charge is -2.29. The minimum Gasteiger partial charge on any atom is -0.496 e. The van der Waals surface area contributed by atoms with Gasteiger partial charge in [-0.2, -0.15) is 0 Å². The van der Waals surface area contributed by atoms with Crippen LogP contribution < -0.4 is 10.1 Å². The molecule has 3 nitrogen and oxygen atoms in total. The van der Waals surface area contributed by atoms with E-state index in [4.69, 9.17) is 9.47 Å². The first-order chi connectivity index (χ1) is 9.71. The number of benzene rings is 1. The summed E-state index contributed by atoms with van der Waals surface area (Å²) in [4.78, 5) is 0. The predicted molar refractivity (Wildman–Crippen MR) is 77.5 cm³/mol. The molecule has 0 spiro atoms. The third-order valence-electron chi connectivity index (χ3n) is 4.04. The maximum absolute atomic E-state index is 13.6. The van der Waals surface area contributed by atoms with E-state index >= 15 is 0 Å². The standard InChI is InChI=1S/C16H24FNO2/c1-4-14-12(8-9-20-14)16(18-5-2)13-10-11(17)6-7-15(13)19-3/h6-7,10,12,14,16,18H,4-5,8-9H2,1-3H3. The summed E-state index contributed by atoms with van der Waals surface area (Å²) in [6, 6.07) is 4.79. The van der Waals surface area contributed by atoms with Crippen molar-refractivity contribution in [2.24, 2.45) is 5.92 Å². The number of hydrogen-bond acceptors (Lipinski definition) is 3. The lowest BCUT2D eigenvalue weighted by atomic mass is 9.86. The highest BCUT2D eigenvalue weighted by Gasteiger charge is 2.35. The van der Waals surface area contributed by atoms with Gasteiger partial charge in [0.25, 0.3) is 0 Å². The fourth-order valence-electron chi connectivity index (χ4n) is 3.13. The van der Waals surface area contributed by atoms with Crippen LogP contribution in [0.25, 0.3) is 0 Å². The summed E-state index contributed by atoms with van der Waals surface area (Å²) >= 11 is 0. The molecule has 0 bridgehead atoms. The van der Waals surface area contributed by atoms with Crippen molar-refractivity contribution in [3.05, 3.63) is 29.6 Å². The van der Waals surface area contributed by atoms with Crippen LogP contribution in [0, 0.1) is 11.7 Å². The van der Waals surface area contributed by atoms with Gasteiger partial charge in [0.05, 0.1) is 13.2 Å². The molecular weight excluding hydrogens is 257 g/mol. The van der Waals surface area contributed by atoms with Crippen LogP contribution in [0.4, 0.5) is 4.39 Å². The Bertz CT molecular complexity index is 438. The van der Waals surface area contributed by atoms with Crippen LogP contribution >= 0.6 is 0 Å². The molecule has 0 radical (unpaired) electrons. The van der Waals surface area contributed by atoms with Gasteiger partial charge in [-0.3, -0.25) is 0 Å². The number of methoxy groups -OCH3 is 1. The second-order valence-corrected chi connectivity index (χ2v) is 5.19. The zero-order chi connectivity index (χ0) is 14.5. The second kappa shape index (κ2) is 7.04. The number of halogens is 1.